The van der Waals surface area contributed by atoms with Gasteiger partial charge in [0.05, 0.1) is 6.61 Å². The summed E-state index contributed by atoms with van der Waals surface area (Å²) in [6.45, 7) is 8.31. The summed E-state index contributed by atoms with van der Waals surface area (Å²) in [5, 5.41) is 3.27. The van der Waals surface area contributed by atoms with E-state index in [0.29, 0.717) is 12.6 Å². The number of hydrogen-bond donors (Lipinski definition) is 1. The van der Waals surface area contributed by atoms with Crippen molar-refractivity contribution in [3.63, 3.8) is 0 Å². The highest BCUT2D eigenvalue weighted by molar-refractivity contribution is 5.75. The number of ether oxygens (including phenoxy) is 1. The second-order valence-corrected chi connectivity index (χ2v) is 5.07. The number of hydrogen-bond acceptors (Lipinski definition) is 3. The van der Waals surface area contributed by atoms with Gasteiger partial charge in [-0.25, -0.2) is 0 Å². The molecule has 0 aromatic heterocycles. The van der Waals surface area contributed by atoms with Crippen LogP contribution in [0.2, 0.25) is 0 Å². The summed E-state index contributed by atoms with van der Waals surface area (Å²) in [5.74, 6) is -0.176. The lowest BCUT2D eigenvalue weighted by molar-refractivity contribution is -0.145. The number of carbonyl (C=O) groups is 1. The van der Waals surface area contributed by atoms with Crippen molar-refractivity contribution in [2.45, 2.75) is 52.6 Å². The Hall–Kier alpha value is -1.35. The molecule has 0 saturated heterocycles. The Morgan fingerprint density at radius 2 is 2.11 bits per heavy atom. The number of carbonyl (C=O) groups excluding carboxylic acids is 1. The van der Waals surface area contributed by atoms with Crippen LogP contribution in [-0.4, -0.2) is 24.7 Å². The fourth-order valence-corrected chi connectivity index (χ4v) is 2.10. The minimum Gasteiger partial charge on any atom is -0.465 e. The lowest BCUT2D eigenvalue weighted by Crippen LogP contribution is -2.41. The molecule has 0 radical (unpaired) electrons. The summed E-state index contributed by atoms with van der Waals surface area (Å²) in [6, 6.07) is 8.60. The molecule has 0 spiro atoms. The summed E-state index contributed by atoms with van der Waals surface area (Å²) in [5.41, 5.74) is 2.63. The fraction of sp³-hybridized carbons (Fsp3) is 0.562. The van der Waals surface area contributed by atoms with E-state index in [4.69, 9.17) is 4.74 Å². The third kappa shape index (κ3) is 5.88. The van der Waals surface area contributed by atoms with E-state index < -0.39 is 0 Å². The normalized spacial score (nSPS) is 13.9. The predicted octanol–water partition coefficient (Wildman–Crippen LogP) is 2.86. The summed E-state index contributed by atoms with van der Waals surface area (Å²) in [6.07, 6.45) is 2.03. The van der Waals surface area contributed by atoms with Gasteiger partial charge in [0.2, 0.25) is 0 Å². The number of benzene rings is 1. The van der Waals surface area contributed by atoms with Crippen molar-refractivity contribution in [3.8, 4) is 0 Å². The lowest BCUT2D eigenvalue weighted by Gasteiger charge is -2.18. The van der Waals surface area contributed by atoms with Crippen molar-refractivity contribution in [3.05, 3.63) is 35.4 Å². The molecule has 2 unspecified atom stereocenters. The van der Waals surface area contributed by atoms with Crippen LogP contribution in [0.4, 0.5) is 0 Å². The van der Waals surface area contributed by atoms with Crippen molar-refractivity contribution in [1.29, 1.82) is 0 Å². The van der Waals surface area contributed by atoms with Crippen LogP contribution >= 0.6 is 0 Å². The van der Waals surface area contributed by atoms with Gasteiger partial charge in [-0.3, -0.25) is 4.79 Å². The van der Waals surface area contributed by atoms with Crippen LogP contribution in [0.5, 0.6) is 0 Å². The van der Waals surface area contributed by atoms with E-state index in [-0.39, 0.29) is 12.0 Å². The van der Waals surface area contributed by atoms with Gasteiger partial charge in [-0.1, -0.05) is 29.8 Å². The molecule has 3 heteroatoms. The van der Waals surface area contributed by atoms with E-state index in [9.17, 15) is 4.79 Å². The lowest BCUT2D eigenvalue weighted by atomic mass is 10.0. The van der Waals surface area contributed by atoms with Gasteiger partial charge in [-0.05, 0) is 46.1 Å². The summed E-state index contributed by atoms with van der Waals surface area (Å²) in [7, 11) is 0. The Labute approximate surface area is 116 Å². The largest absolute Gasteiger partial charge is 0.465 e. The Balaban J connectivity index is 2.35. The van der Waals surface area contributed by atoms with Crippen molar-refractivity contribution >= 4 is 5.97 Å². The first-order chi connectivity index (χ1) is 9.02. The Morgan fingerprint density at radius 1 is 1.37 bits per heavy atom. The number of nitrogens with one attached hydrogen (secondary N) is 1. The van der Waals surface area contributed by atoms with Crippen LogP contribution in [-0.2, 0) is 16.0 Å². The molecule has 0 aliphatic rings. The number of rotatable bonds is 7. The summed E-state index contributed by atoms with van der Waals surface area (Å²) < 4.78 is 4.98. The predicted molar refractivity (Wildman–Crippen MR) is 78.2 cm³/mol. The maximum Gasteiger partial charge on any atom is 0.322 e. The molecule has 0 fully saturated rings. The van der Waals surface area contributed by atoms with Crippen molar-refractivity contribution in [1.82, 2.24) is 5.32 Å². The molecular weight excluding hydrogens is 238 g/mol. The van der Waals surface area contributed by atoms with E-state index >= 15 is 0 Å². The first-order valence-electron chi connectivity index (χ1n) is 7.01. The minimum atomic E-state index is -0.243. The minimum absolute atomic E-state index is 0.176. The Bertz CT molecular complexity index is 403. The number of aryl methyl sites for hydroxylation is 2. The molecule has 0 aliphatic heterocycles. The standard InChI is InChI=1S/C16H25NO2/c1-5-19-16(18)14(4)17-13(3)9-10-15-8-6-7-12(2)11-15/h6-8,11,13-14,17H,5,9-10H2,1-4H3. The monoisotopic (exact) mass is 263 g/mol. The highest BCUT2D eigenvalue weighted by atomic mass is 16.5. The molecule has 19 heavy (non-hydrogen) atoms. The molecule has 106 valence electrons. The summed E-state index contributed by atoms with van der Waals surface area (Å²) in [4.78, 5) is 11.5. The molecule has 3 nitrogen and oxygen atoms in total. The molecule has 0 aliphatic carbocycles. The zero-order chi connectivity index (χ0) is 14.3. The zero-order valence-corrected chi connectivity index (χ0v) is 12.4. The van der Waals surface area contributed by atoms with Gasteiger partial charge in [-0.2, -0.15) is 0 Å². The second-order valence-electron chi connectivity index (χ2n) is 5.07. The maximum atomic E-state index is 11.5. The van der Waals surface area contributed by atoms with Gasteiger partial charge in [0.15, 0.2) is 0 Å². The molecule has 0 saturated carbocycles. The van der Waals surface area contributed by atoms with Gasteiger partial charge < -0.3 is 10.1 Å². The van der Waals surface area contributed by atoms with Crippen LogP contribution in [0.15, 0.2) is 24.3 Å². The van der Waals surface area contributed by atoms with Crippen molar-refractivity contribution < 1.29 is 9.53 Å². The molecule has 1 aromatic rings. The number of esters is 1. The Morgan fingerprint density at radius 3 is 2.74 bits per heavy atom. The molecule has 2 atom stereocenters. The van der Waals surface area contributed by atoms with E-state index in [1.165, 1.54) is 11.1 Å². The fourth-order valence-electron chi connectivity index (χ4n) is 2.10. The molecule has 0 amide bonds. The smallest absolute Gasteiger partial charge is 0.322 e. The van der Waals surface area contributed by atoms with Gasteiger partial charge in [0, 0.05) is 6.04 Å². The van der Waals surface area contributed by atoms with E-state index in [1.54, 1.807) is 0 Å². The molecule has 1 N–H and O–H groups in total. The van der Waals surface area contributed by atoms with Gasteiger partial charge in [-0.15, -0.1) is 0 Å². The van der Waals surface area contributed by atoms with Gasteiger partial charge >= 0.3 is 5.97 Å². The van der Waals surface area contributed by atoms with Crippen LogP contribution in [0.3, 0.4) is 0 Å². The second kappa shape index (κ2) is 7.95. The van der Waals surface area contributed by atoms with E-state index in [1.807, 2.05) is 13.8 Å². The highest BCUT2D eigenvalue weighted by Crippen LogP contribution is 2.08. The molecule has 0 bridgehead atoms. The van der Waals surface area contributed by atoms with Crippen LogP contribution < -0.4 is 5.32 Å². The van der Waals surface area contributed by atoms with Gasteiger partial charge in [0.25, 0.3) is 0 Å². The SMILES string of the molecule is CCOC(=O)C(C)NC(C)CCc1cccc(C)c1. The molecule has 1 aromatic carbocycles. The zero-order valence-electron chi connectivity index (χ0n) is 12.4. The third-order valence-corrected chi connectivity index (χ3v) is 3.12. The van der Waals surface area contributed by atoms with Gasteiger partial charge in [0.1, 0.15) is 6.04 Å². The average Bonchev–Trinajstić information content (AvgIpc) is 2.36. The molecular formula is C16H25NO2. The molecule has 0 heterocycles. The average molecular weight is 263 g/mol. The van der Waals surface area contributed by atoms with E-state index in [0.717, 1.165) is 12.8 Å². The third-order valence-electron chi connectivity index (χ3n) is 3.12. The first-order valence-corrected chi connectivity index (χ1v) is 7.01. The first kappa shape index (κ1) is 15.7. The van der Waals surface area contributed by atoms with Crippen LogP contribution in [0.1, 0.15) is 38.3 Å². The van der Waals surface area contributed by atoms with E-state index in [2.05, 4.69) is 43.4 Å². The van der Waals surface area contributed by atoms with Crippen LogP contribution in [0, 0.1) is 6.92 Å². The molecule has 1 rings (SSSR count). The van der Waals surface area contributed by atoms with Crippen LogP contribution in [0.25, 0.3) is 0 Å². The quantitative estimate of drug-likeness (QED) is 0.769. The van der Waals surface area contributed by atoms with Crippen molar-refractivity contribution in [2.75, 3.05) is 6.61 Å². The van der Waals surface area contributed by atoms with Crippen molar-refractivity contribution in [2.24, 2.45) is 0 Å². The Kier molecular flexibility index (Phi) is 6.57. The maximum absolute atomic E-state index is 11.5. The highest BCUT2D eigenvalue weighted by Gasteiger charge is 2.15. The summed E-state index contributed by atoms with van der Waals surface area (Å²) >= 11 is 0. The topological polar surface area (TPSA) is 38.3 Å².